The fourth-order valence-corrected chi connectivity index (χ4v) is 6.13. The Bertz CT molecular complexity index is 1830. The molecule has 0 saturated carbocycles. The lowest BCUT2D eigenvalue weighted by Gasteiger charge is -2.36. The molecule has 0 radical (unpaired) electrons. The topological polar surface area (TPSA) is 86.8 Å². The van der Waals surface area contributed by atoms with E-state index < -0.39 is 18.0 Å². The highest BCUT2D eigenvalue weighted by atomic mass is 35.5. The van der Waals surface area contributed by atoms with Crippen molar-refractivity contribution < 1.29 is 23.8 Å². The third-order valence-corrected chi connectivity index (χ3v) is 8.77. The summed E-state index contributed by atoms with van der Waals surface area (Å²) in [5, 5.41) is 4.14. The third-order valence-electron chi connectivity index (χ3n) is 8.22. The summed E-state index contributed by atoms with van der Waals surface area (Å²) in [6.07, 6.45) is 2.44. The van der Waals surface area contributed by atoms with Crippen LogP contribution < -0.4 is 14.8 Å². The molecule has 7 nitrogen and oxygen atoms in total. The Kier molecular flexibility index (Phi) is 8.03. The number of amides is 1. The first kappa shape index (κ1) is 30.0. The number of rotatable bonds is 5. The molecule has 226 valence electrons. The van der Waals surface area contributed by atoms with Crippen molar-refractivity contribution in [2.24, 2.45) is 11.3 Å². The number of nitrogens with one attached hydrogen (secondary N) is 1. The predicted octanol–water partition coefficient (Wildman–Crippen LogP) is 8.60. The molecule has 0 saturated heterocycles. The van der Waals surface area contributed by atoms with Gasteiger partial charge in [0.1, 0.15) is 0 Å². The smallest absolute Gasteiger partial charge is 0.339 e. The van der Waals surface area contributed by atoms with Gasteiger partial charge in [0.15, 0.2) is 17.6 Å². The molecule has 1 aromatic heterocycles. The minimum atomic E-state index is -1.09. The number of ether oxygens (including phenoxy) is 3. The summed E-state index contributed by atoms with van der Waals surface area (Å²) >= 11 is 12.2. The van der Waals surface area contributed by atoms with Crippen LogP contribution in [0.4, 0.5) is 5.69 Å². The molecule has 1 aliphatic carbocycles. The number of pyridine rings is 1. The minimum Gasteiger partial charge on any atom is -0.454 e. The quantitative estimate of drug-likeness (QED) is 0.222. The number of hydrogen-bond acceptors (Lipinski definition) is 6. The van der Waals surface area contributed by atoms with Gasteiger partial charge in [-0.1, -0.05) is 68.2 Å². The zero-order chi connectivity index (χ0) is 31.2. The van der Waals surface area contributed by atoms with Crippen LogP contribution in [0.15, 0.2) is 60.7 Å². The summed E-state index contributed by atoms with van der Waals surface area (Å²) in [7, 11) is 0. The second-order valence-electron chi connectivity index (χ2n) is 12.2. The molecule has 3 aromatic carbocycles. The number of hydrogen-bond donors (Lipinski definition) is 1. The van der Waals surface area contributed by atoms with Crippen LogP contribution >= 0.6 is 23.2 Å². The lowest BCUT2D eigenvalue weighted by atomic mass is 9.69. The van der Waals surface area contributed by atoms with Crippen molar-refractivity contribution in [1.29, 1.82) is 0 Å². The Morgan fingerprint density at radius 2 is 1.80 bits per heavy atom. The predicted molar refractivity (Wildman–Crippen MR) is 173 cm³/mol. The maximum absolute atomic E-state index is 14.0. The van der Waals surface area contributed by atoms with Gasteiger partial charge in [-0.05, 0) is 90.3 Å². The van der Waals surface area contributed by atoms with Crippen molar-refractivity contribution in [3.8, 4) is 11.5 Å². The normalized spacial score (nSPS) is 17.3. The number of aromatic nitrogens is 1. The number of nitrogens with zero attached hydrogens (tertiary/aromatic N) is 1. The number of para-hydroxylation sites is 1. The summed E-state index contributed by atoms with van der Waals surface area (Å²) < 4.78 is 16.9. The lowest BCUT2D eigenvalue weighted by Crippen LogP contribution is -2.32. The van der Waals surface area contributed by atoms with Crippen molar-refractivity contribution >= 4 is 63.3 Å². The van der Waals surface area contributed by atoms with Gasteiger partial charge >= 0.3 is 5.97 Å². The Morgan fingerprint density at radius 1 is 1.02 bits per heavy atom. The first-order valence-electron chi connectivity index (χ1n) is 14.5. The molecule has 6 rings (SSSR count). The molecule has 44 heavy (non-hydrogen) atoms. The second-order valence-corrected chi connectivity index (χ2v) is 13.1. The first-order valence-corrected chi connectivity index (χ1v) is 15.2. The van der Waals surface area contributed by atoms with E-state index in [1.165, 1.54) is 13.0 Å². The molecule has 9 heteroatoms. The Hall–Kier alpha value is -4.07. The largest absolute Gasteiger partial charge is 0.454 e. The molecular formula is C35H32Cl2N2O5. The molecule has 0 fully saturated rings. The van der Waals surface area contributed by atoms with Crippen LogP contribution in [0.1, 0.15) is 61.3 Å². The Labute approximate surface area is 266 Å². The third kappa shape index (κ3) is 5.99. The number of esters is 1. The van der Waals surface area contributed by atoms with Crippen molar-refractivity contribution in [2.45, 2.75) is 46.6 Å². The van der Waals surface area contributed by atoms with Crippen LogP contribution in [0.25, 0.3) is 22.6 Å². The molecule has 1 aliphatic heterocycles. The van der Waals surface area contributed by atoms with Crippen molar-refractivity contribution in [1.82, 2.24) is 4.98 Å². The molecule has 1 N–H and O–H groups in total. The average Bonchev–Trinajstić information content (AvgIpc) is 3.45. The second kappa shape index (κ2) is 11.8. The zero-order valence-electron chi connectivity index (χ0n) is 24.9. The van der Waals surface area contributed by atoms with Gasteiger partial charge in [0.2, 0.25) is 6.79 Å². The highest BCUT2D eigenvalue weighted by Gasteiger charge is 2.36. The van der Waals surface area contributed by atoms with E-state index in [1.807, 2.05) is 42.5 Å². The van der Waals surface area contributed by atoms with E-state index in [-0.39, 0.29) is 23.1 Å². The lowest BCUT2D eigenvalue weighted by molar-refractivity contribution is -0.123. The van der Waals surface area contributed by atoms with Crippen LogP contribution in [0, 0.1) is 11.3 Å². The van der Waals surface area contributed by atoms with Gasteiger partial charge < -0.3 is 19.5 Å². The van der Waals surface area contributed by atoms with Crippen molar-refractivity contribution in [3.05, 3.63) is 93.1 Å². The zero-order valence-corrected chi connectivity index (χ0v) is 26.4. The number of carbonyl (C=O) groups excluding carboxylic acids is 2. The minimum absolute atomic E-state index is 0.0521. The molecule has 0 spiro atoms. The summed E-state index contributed by atoms with van der Waals surface area (Å²) in [5.41, 5.74) is 4.99. The van der Waals surface area contributed by atoms with Gasteiger partial charge in [-0.2, -0.15) is 0 Å². The monoisotopic (exact) mass is 630 g/mol. The van der Waals surface area contributed by atoms with Crippen LogP contribution in [0.5, 0.6) is 11.5 Å². The van der Waals surface area contributed by atoms with E-state index in [9.17, 15) is 9.59 Å². The highest BCUT2D eigenvalue weighted by Crippen LogP contribution is 2.45. The maximum atomic E-state index is 14.0. The van der Waals surface area contributed by atoms with E-state index in [2.05, 4.69) is 32.2 Å². The maximum Gasteiger partial charge on any atom is 0.339 e. The van der Waals surface area contributed by atoms with Gasteiger partial charge in [-0.15, -0.1) is 0 Å². The molecule has 2 aliphatic rings. The molecule has 0 unspecified atom stereocenters. The van der Waals surface area contributed by atoms with Crippen LogP contribution in [0.2, 0.25) is 10.0 Å². The van der Waals surface area contributed by atoms with E-state index in [4.69, 9.17) is 42.4 Å². The molecule has 4 aromatic rings. The number of allylic oxidation sites excluding steroid dienone is 1. The first-order chi connectivity index (χ1) is 21.0. The number of halogens is 2. The van der Waals surface area contributed by atoms with E-state index in [0.717, 1.165) is 34.6 Å². The molecule has 1 amide bonds. The SMILES string of the molecule is C[C@@H](OC(=O)c1c2c(nc3ccccc13)/C(=C\c1ccc3c(c1)OCO3)C[C@@H](C(C)(C)C)C2)C(=O)Nc1ccc(Cl)cc1Cl. The number of benzene rings is 3. The number of anilines is 1. The molecule has 2 heterocycles. The van der Waals surface area contributed by atoms with Gasteiger partial charge in [0.05, 0.1) is 27.5 Å². The van der Waals surface area contributed by atoms with Gasteiger partial charge in [0, 0.05) is 10.4 Å². The van der Waals surface area contributed by atoms with Crippen LogP contribution in [-0.4, -0.2) is 29.8 Å². The van der Waals surface area contributed by atoms with E-state index in [1.54, 1.807) is 12.1 Å². The molecule has 0 bridgehead atoms. The van der Waals surface area contributed by atoms with Crippen molar-refractivity contribution in [3.63, 3.8) is 0 Å². The van der Waals surface area contributed by atoms with E-state index in [0.29, 0.717) is 39.3 Å². The fraction of sp³-hybridized carbons (Fsp3) is 0.286. The standard InChI is InChI=1S/C35H32Cl2N2O5/c1-19(33(40)39-28-11-10-23(36)17-26(28)37)44-34(41)31-24-7-5-6-8-27(24)38-32-21(15-22(16-25(31)32)35(2,3)4)13-20-9-12-29-30(14-20)43-18-42-29/h5-14,17,19,22H,15-16,18H2,1-4H3,(H,39,40)/b21-13-/t19-,22-/m1/s1. The number of fused-ring (bicyclic) bond motifs is 3. The summed E-state index contributed by atoms with van der Waals surface area (Å²) in [4.78, 5) is 32.2. The summed E-state index contributed by atoms with van der Waals surface area (Å²) in [6.45, 7) is 8.37. The highest BCUT2D eigenvalue weighted by molar-refractivity contribution is 6.36. The molecular weight excluding hydrogens is 599 g/mol. The molecule has 2 atom stereocenters. The van der Waals surface area contributed by atoms with Crippen LogP contribution in [0.3, 0.4) is 0 Å². The fourth-order valence-electron chi connectivity index (χ4n) is 5.67. The Balaban J connectivity index is 1.40. The number of carbonyl (C=O) groups is 2. The summed E-state index contributed by atoms with van der Waals surface area (Å²) in [5.74, 6) is 0.546. The van der Waals surface area contributed by atoms with Crippen molar-refractivity contribution in [2.75, 3.05) is 12.1 Å². The van der Waals surface area contributed by atoms with Crippen LogP contribution in [-0.2, 0) is 16.0 Å². The Morgan fingerprint density at radius 3 is 2.57 bits per heavy atom. The average molecular weight is 632 g/mol. The van der Waals surface area contributed by atoms with Gasteiger partial charge in [-0.25, -0.2) is 9.78 Å². The van der Waals surface area contributed by atoms with Gasteiger partial charge in [0.25, 0.3) is 5.91 Å². The van der Waals surface area contributed by atoms with Gasteiger partial charge in [-0.3, -0.25) is 4.79 Å². The van der Waals surface area contributed by atoms with E-state index >= 15 is 0 Å². The summed E-state index contributed by atoms with van der Waals surface area (Å²) in [6, 6.07) is 18.1.